The van der Waals surface area contributed by atoms with E-state index in [0.717, 1.165) is 51.4 Å². The smallest absolute Gasteiger partial charge is 0.317 e. The summed E-state index contributed by atoms with van der Waals surface area (Å²) in [5, 5.41) is 38.6. The molecule has 3 aliphatic rings. The second kappa shape index (κ2) is 9.65. The van der Waals surface area contributed by atoms with E-state index in [4.69, 9.17) is 0 Å². The largest absolute Gasteiger partial charge is 0.480 e. The van der Waals surface area contributed by atoms with Gasteiger partial charge in [0.25, 0.3) is 0 Å². The van der Waals surface area contributed by atoms with Gasteiger partial charge in [0.2, 0.25) is 0 Å². The van der Waals surface area contributed by atoms with Crippen LogP contribution in [0.3, 0.4) is 0 Å². The monoisotopic (exact) mass is 420 g/mol. The first-order valence-corrected chi connectivity index (χ1v) is 11.4. The van der Waals surface area contributed by atoms with Gasteiger partial charge < -0.3 is 20.4 Å². The van der Waals surface area contributed by atoms with Crippen LogP contribution in [0, 0.1) is 34.5 Å². The van der Waals surface area contributed by atoms with E-state index in [1.54, 1.807) is 24.3 Å². The number of rotatable bonds is 8. The third-order valence-corrected chi connectivity index (χ3v) is 7.85. The molecule has 4 N–H and O–H groups in total. The summed E-state index contributed by atoms with van der Waals surface area (Å²) in [6, 6.07) is 0. The minimum Gasteiger partial charge on any atom is -0.480 e. The molecule has 3 aliphatic carbocycles. The van der Waals surface area contributed by atoms with Gasteiger partial charge in [0.1, 0.15) is 10.8 Å². The van der Waals surface area contributed by atoms with Crippen LogP contribution in [0.2, 0.25) is 0 Å². The summed E-state index contributed by atoms with van der Waals surface area (Å²) in [4.78, 5) is 24.4. The fraction of sp³-hybridized carbons (Fsp3) is 0.750. The van der Waals surface area contributed by atoms with Crippen molar-refractivity contribution in [3.63, 3.8) is 0 Å². The lowest BCUT2D eigenvalue weighted by atomic mass is 9.65. The predicted octanol–water partition coefficient (Wildman–Crippen LogP) is 3.63. The molecule has 0 amide bonds. The van der Waals surface area contributed by atoms with Crippen LogP contribution in [0.15, 0.2) is 24.3 Å². The highest BCUT2D eigenvalue weighted by molar-refractivity contribution is 5.85. The molecule has 0 radical (unpaired) electrons. The second-order valence-corrected chi connectivity index (χ2v) is 9.90. The van der Waals surface area contributed by atoms with Crippen LogP contribution in [-0.2, 0) is 9.59 Å². The molecule has 0 aromatic carbocycles. The Morgan fingerprint density at radius 3 is 1.10 bits per heavy atom. The Morgan fingerprint density at radius 1 is 0.600 bits per heavy atom. The molecule has 0 heterocycles. The van der Waals surface area contributed by atoms with Crippen LogP contribution in [0.5, 0.6) is 0 Å². The maximum absolute atomic E-state index is 12.2. The van der Waals surface area contributed by atoms with Crippen molar-refractivity contribution < 1.29 is 30.0 Å². The molecule has 0 atom stereocenters. The van der Waals surface area contributed by atoms with E-state index in [1.165, 1.54) is 0 Å². The molecule has 30 heavy (non-hydrogen) atoms. The predicted molar refractivity (Wildman–Crippen MR) is 113 cm³/mol. The lowest BCUT2D eigenvalue weighted by Crippen LogP contribution is -2.38. The van der Waals surface area contributed by atoms with E-state index in [1.807, 2.05) is 0 Å². The number of aliphatic hydroxyl groups is 2. The Morgan fingerprint density at radius 2 is 0.867 bits per heavy atom. The van der Waals surface area contributed by atoms with Gasteiger partial charge in [0, 0.05) is 13.2 Å². The quantitative estimate of drug-likeness (QED) is 0.446. The highest BCUT2D eigenvalue weighted by Crippen LogP contribution is 2.46. The van der Waals surface area contributed by atoms with Crippen molar-refractivity contribution in [3.8, 4) is 0 Å². The molecule has 168 valence electrons. The fourth-order valence-electron chi connectivity index (χ4n) is 5.63. The summed E-state index contributed by atoms with van der Waals surface area (Å²) in [5.41, 5.74) is -2.30. The number of hydrogen-bond acceptors (Lipinski definition) is 4. The molecule has 3 rings (SSSR count). The van der Waals surface area contributed by atoms with Crippen LogP contribution in [-0.4, -0.2) is 45.6 Å². The number of carbonyl (C=O) groups is 2. The number of hydrogen-bond donors (Lipinski definition) is 4. The first kappa shape index (κ1) is 23.0. The first-order valence-electron chi connectivity index (χ1n) is 11.4. The average molecular weight is 421 g/mol. The van der Waals surface area contributed by atoms with Gasteiger partial charge in [-0.15, -0.1) is 0 Å². The zero-order valence-electron chi connectivity index (χ0n) is 17.7. The van der Waals surface area contributed by atoms with Crippen molar-refractivity contribution in [1.82, 2.24) is 0 Å². The Bertz CT molecular complexity index is 595. The molecular formula is C24H36O6. The maximum atomic E-state index is 12.2. The molecule has 2 fully saturated rings. The molecule has 0 saturated heterocycles. The summed E-state index contributed by atoms with van der Waals surface area (Å²) in [6.45, 7) is 0.385. The molecule has 0 aliphatic heterocycles. The van der Waals surface area contributed by atoms with Gasteiger partial charge in [-0.1, -0.05) is 50.0 Å². The van der Waals surface area contributed by atoms with Crippen LogP contribution in [0.4, 0.5) is 0 Å². The summed E-state index contributed by atoms with van der Waals surface area (Å²) in [6.07, 6.45) is 14.7. The van der Waals surface area contributed by atoms with E-state index in [9.17, 15) is 30.0 Å². The van der Waals surface area contributed by atoms with Gasteiger partial charge in [-0.2, -0.15) is 0 Å². The molecule has 0 aromatic rings. The Hall–Kier alpha value is -1.66. The number of aliphatic carboxylic acids is 2. The molecule has 2 saturated carbocycles. The van der Waals surface area contributed by atoms with Gasteiger partial charge in [-0.3, -0.25) is 9.59 Å². The van der Waals surface area contributed by atoms with Crippen molar-refractivity contribution >= 4 is 11.9 Å². The first-order chi connectivity index (χ1) is 14.3. The summed E-state index contributed by atoms with van der Waals surface area (Å²) < 4.78 is 0. The van der Waals surface area contributed by atoms with Crippen molar-refractivity contribution in [2.45, 2.75) is 64.2 Å². The highest BCUT2D eigenvalue weighted by atomic mass is 16.4. The van der Waals surface area contributed by atoms with E-state index in [-0.39, 0.29) is 25.0 Å². The molecule has 6 nitrogen and oxygen atoms in total. The molecule has 0 unspecified atom stereocenters. The third-order valence-electron chi connectivity index (χ3n) is 7.85. The third kappa shape index (κ3) is 4.97. The van der Waals surface area contributed by atoms with Crippen molar-refractivity contribution in [3.05, 3.63) is 24.3 Å². The molecule has 6 heteroatoms. The second-order valence-electron chi connectivity index (χ2n) is 9.90. The Balaban J connectivity index is 1.70. The van der Waals surface area contributed by atoms with Gasteiger partial charge in [-0.05, 0) is 62.2 Å². The number of carboxylic acid groups (broad SMARTS) is 2. The Kier molecular flexibility index (Phi) is 7.40. The Labute approximate surface area is 178 Å². The van der Waals surface area contributed by atoms with Crippen LogP contribution < -0.4 is 0 Å². The van der Waals surface area contributed by atoms with Crippen molar-refractivity contribution in [2.75, 3.05) is 13.2 Å². The number of aliphatic hydroxyl groups excluding tert-OH is 2. The molecule has 0 bridgehead atoms. The van der Waals surface area contributed by atoms with Gasteiger partial charge in [0.05, 0.1) is 0 Å². The lowest BCUT2D eigenvalue weighted by molar-refractivity contribution is -0.147. The van der Waals surface area contributed by atoms with E-state index < -0.39 is 22.8 Å². The summed E-state index contributed by atoms with van der Waals surface area (Å²) >= 11 is 0. The molecule has 0 aromatic heterocycles. The van der Waals surface area contributed by atoms with Gasteiger partial charge in [0.15, 0.2) is 0 Å². The van der Waals surface area contributed by atoms with Crippen LogP contribution in [0.1, 0.15) is 64.2 Å². The minimum atomic E-state index is -1.15. The standard InChI is InChI=1S/C24H36O6/c25-15-19-5-1-17(2-6-19)13-23(21(27)28)9-11-24(12-10-23,22(29)30)14-18-3-7-20(16-26)8-4-18/h9-12,17-20,25-26H,1-8,13-16H2,(H,27,28)(H,29,30). The SMILES string of the molecule is O=C(O)C1(CC2CCC(CO)CC2)C=CC(CC2CCC(CO)CC2)(C(=O)O)C=C1. The molecule has 0 spiro atoms. The zero-order chi connectivity index (χ0) is 21.8. The van der Waals surface area contributed by atoms with Gasteiger partial charge in [-0.25, -0.2) is 0 Å². The summed E-state index contributed by atoms with van der Waals surface area (Å²) in [5.74, 6) is -0.683. The fourth-order valence-corrected chi connectivity index (χ4v) is 5.63. The van der Waals surface area contributed by atoms with Crippen molar-refractivity contribution in [1.29, 1.82) is 0 Å². The van der Waals surface area contributed by atoms with Crippen LogP contribution in [0.25, 0.3) is 0 Å². The van der Waals surface area contributed by atoms with Crippen LogP contribution >= 0.6 is 0 Å². The topological polar surface area (TPSA) is 115 Å². The highest BCUT2D eigenvalue weighted by Gasteiger charge is 2.45. The minimum absolute atomic E-state index is 0.192. The number of carboxylic acids is 2. The average Bonchev–Trinajstić information content (AvgIpc) is 2.76. The van der Waals surface area contributed by atoms with E-state index in [2.05, 4.69) is 0 Å². The zero-order valence-corrected chi connectivity index (χ0v) is 17.7. The van der Waals surface area contributed by atoms with E-state index >= 15 is 0 Å². The normalized spacial score (nSPS) is 39.0. The van der Waals surface area contributed by atoms with E-state index in [0.29, 0.717) is 24.7 Å². The molecular weight excluding hydrogens is 384 g/mol. The summed E-state index contributed by atoms with van der Waals surface area (Å²) in [7, 11) is 0. The van der Waals surface area contributed by atoms with Crippen molar-refractivity contribution in [2.24, 2.45) is 34.5 Å². The van der Waals surface area contributed by atoms with Gasteiger partial charge >= 0.3 is 11.9 Å². The maximum Gasteiger partial charge on any atom is 0.317 e. The lowest BCUT2D eigenvalue weighted by Gasteiger charge is -2.38.